The van der Waals surface area contributed by atoms with Crippen LogP contribution in [-0.2, 0) is 11.0 Å². The van der Waals surface area contributed by atoms with E-state index in [0.717, 1.165) is 18.2 Å². The van der Waals surface area contributed by atoms with Crippen molar-refractivity contribution in [2.24, 2.45) is 0 Å². The number of aryl methyl sites for hydroxylation is 2. The van der Waals surface area contributed by atoms with Gasteiger partial charge in [-0.05, 0) is 32.1 Å². The van der Waals surface area contributed by atoms with Crippen LogP contribution in [0.15, 0.2) is 24.4 Å². The molecule has 0 saturated carbocycles. The fourth-order valence-electron chi connectivity index (χ4n) is 2.21. The van der Waals surface area contributed by atoms with E-state index in [9.17, 15) is 18.0 Å². The van der Waals surface area contributed by atoms with Crippen LogP contribution in [0.5, 0.6) is 0 Å². The highest BCUT2D eigenvalue weighted by molar-refractivity contribution is 5.87. The minimum Gasteiger partial charge on any atom is -0.478 e. The number of benzene rings is 1. The van der Waals surface area contributed by atoms with Crippen LogP contribution in [-0.4, -0.2) is 20.6 Å². The molecular weight excluding hydrogens is 311 g/mol. The second kappa shape index (κ2) is 5.79. The molecule has 0 aliphatic heterocycles. The third kappa shape index (κ3) is 3.53. The normalized spacial score (nSPS) is 12.0. The second-order valence-electron chi connectivity index (χ2n) is 4.97. The predicted octanol–water partition coefficient (Wildman–Crippen LogP) is 3.19. The van der Waals surface area contributed by atoms with Gasteiger partial charge in [0.05, 0.1) is 16.9 Å². The van der Waals surface area contributed by atoms with Gasteiger partial charge >= 0.3 is 12.1 Å². The Bertz CT molecular complexity index is 792. The van der Waals surface area contributed by atoms with E-state index in [1.54, 1.807) is 20.0 Å². The minimum atomic E-state index is -4.66. The van der Waals surface area contributed by atoms with Crippen LogP contribution < -0.4 is 5.73 Å². The molecule has 0 amide bonds. The predicted molar refractivity (Wildman–Crippen MR) is 79.1 cm³/mol. The van der Waals surface area contributed by atoms with Crippen LogP contribution in [0.25, 0.3) is 11.8 Å². The summed E-state index contributed by atoms with van der Waals surface area (Å²) in [6, 6.07) is 2.31. The van der Waals surface area contributed by atoms with Crippen LogP contribution >= 0.6 is 0 Å². The highest BCUT2D eigenvalue weighted by atomic mass is 19.4. The number of nitrogens with two attached hydrogens (primary N) is 1. The molecule has 0 aliphatic rings. The van der Waals surface area contributed by atoms with Crippen LogP contribution in [0.2, 0.25) is 0 Å². The number of nitrogen functional groups attached to an aromatic ring is 1. The number of aliphatic carboxylic acids is 1. The fraction of sp³-hybridized carbons (Fsp3) is 0.200. The fourth-order valence-corrected chi connectivity index (χ4v) is 2.21. The molecule has 1 heterocycles. The van der Waals surface area contributed by atoms with Crippen molar-refractivity contribution in [3.8, 4) is 5.69 Å². The highest BCUT2D eigenvalue weighted by Crippen LogP contribution is 2.37. The molecule has 5 nitrogen and oxygen atoms in total. The largest absolute Gasteiger partial charge is 0.478 e. The molecule has 0 atom stereocenters. The van der Waals surface area contributed by atoms with E-state index in [2.05, 4.69) is 4.98 Å². The van der Waals surface area contributed by atoms with Gasteiger partial charge in [0.1, 0.15) is 5.82 Å². The van der Waals surface area contributed by atoms with E-state index in [-0.39, 0.29) is 11.3 Å². The average Bonchev–Trinajstić information content (AvgIpc) is 2.75. The van der Waals surface area contributed by atoms with Crippen molar-refractivity contribution in [2.45, 2.75) is 20.0 Å². The van der Waals surface area contributed by atoms with Gasteiger partial charge in [-0.1, -0.05) is 0 Å². The van der Waals surface area contributed by atoms with Gasteiger partial charge < -0.3 is 15.4 Å². The number of anilines is 1. The smallest absolute Gasteiger partial charge is 0.418 e. The maximum absolute atomic E-state index is 13.2. The number of carbonyl (C=O) groups is 1. The molecule has 122 valence electrons. The summed E-state index contributed by atoms with van der Waals surface area (Å²) in [7, 11) is 0. The summed E-state index contributed by atoms with van der Waals surface area (Å²) < 4.78 is 41.0. The molecule has 0 fully saturated rings. The van der Waals surface area contributed by atoms with Crippen molar-refractivity contribution in [1.82, 2.24) is 9.55 Å². The summed E-state index contributed by atoms with van der Waals surface area (Å²) in [4.78, 5) is 14.8. The van der Waals surface area contributed by atoms with E-state index >= 15 is 0 Å². The summed E-state index contributed by atoms with van der Waals surface area (Å²) in [5.41, 5.74) is 4.84. The average molecular weight is 325 g/mol. The molecular formula is C15H14F3N3O2. The van der Waals surface area contributed by atoms with E-state index < -0.39 is 23.4 Å². The third-order valence-electron chi connectivity index (χ3n) is 3.19. The first-order valence-electron chi connectivity index (χ1n) is 6.54. The second-order valence-corrected chi connectivity index (χ2v) is 4.97. The summed E-state index contributed by atoms with van der Waals surface area (Å²) >= 11 is 0. The van der Waals surface area contributed by atoms with Crippen molar-refractivity contribution in [1.29, 1.82) is 0 Å². The van der Waals surface area contributed by atoms with Gasteiger partial charge in [-0.15, -0.1) is 0 Å². The van der Waals surface area contributed by atoms with Gasteiger partial charge in [-0.3, -0.25) is 0 Å². The topological polar surface area (TPSA) is 81.1 Å². The lowest BCUT2D eigenvalue weighted by Gasteiger charge is -2.15. The Morgan fingerprint density at radius 3 is 2.48 bits per heavy atom. The summed E-state index contributed by atoms with van der Waals surface area (Å²) in [6.45, 7) is 3.38. The minimum absolute atomic E-state index is 0.0250. The quantitative estimate of drug-likeness (QED) is 0.671. The molecule has 23 heavy (non-hydrogen) atoms. The molecule has 3 N–H and O–H groups in total. The highest BCUT2D eigenvalue weighted by Gasteiger charge is 2.34. The Morgan fingerprint density at radius 2 is 2.00 bits per heavy atom. The van der Waals surface area contributed by atoms with Gasteiger partial charge in [-0.2, -0.15) is 13.2 Å². The number of imidazole rings is 1. The van der Waals surface area contributed by atoms with Crippen LogP contribution in [0, 0.1) is 13.8 Å². The molecule has 0 spiro atoms. The van der Waals surface area contributed by atoms with E-state index in [0.29, 0.717) is 11.5 Å². The monoisotopic (exact) mass is 325 g/mol. The third-order valence-corrected chi connectivity index (χ3v) is 3.19. The number of rotatable bonds is 3. The standard InChI is InChI=1S/C15H14F3N3O2/c1-8-7-21(9(2)20-8)11-5-10(3-4-13(22)23)14(19)12(6-11)15(16,17)18/h3-7H,19H2,1-2H3,(H,22,23). The lowest BCUT2D eigenvalue weighted by Crippen LogP contribution is -2.12. The first-order valence-corrected chi connectivity index (χ1v) is 6.54. The zero-order chi connectivity index (χ0) is 17.4. The number of hydrogen-bond acceptors (Lipinski definition) is 3. The molecule has 1 aromatic carbocycles. The summed E-state index contributed by atoms with van der Waals surface area (Å²) in [5, 5.41) is 8.66. The Balaban J connectivity index is 2.71. The lowest BCUT2D eigenvalue weighted by molar-refractivity contribution is -0.137. The number of aromatic nitrogens is 2. The number of carboxylic acid groups (broad SMARTS) is 1. The molecule has 8 heteroatoms. The molecule has 0 radical (unpaired) electrons. The van der Waals surface area contributed by atoms with Crippen molar-refractivity contribution >= 4 is 17.7 Å². The molecule has 1 aromatic heterocycles. The maximum atomic E-state index is 13.2. The van der Waals surface area contributed by atoms with Crippen LogP contribution in [0.4, 0.5) is 18.9 Å². The van der Waals surface area contributed by atoms with Crippen molar-refractivity contribution in [3.63, 3.8) is 0 Å². The zero-order valence-corrected chi connectivity index (χ0v) is 12.3. The van der Waals surface area contributed by atoms with Gasteiger partial charge in [0.25, 0.3) is 0 Å². The van der Waals surface area contributed by atoms with Gasteiger partial charge in [0.15, 0.2) is 0 Å². The van der Waals surface area contributed by atoms with Crippen molar-refractivity contribution < 1.29 is 23.1 Å². The summed E-state index contributed by atoms with van der Waals surface area (Å²) in [5.74, 6) is -0.772. The zero-order valence-electron chi connectivity index (χ0n) is 12.3. The summed E-state index contributed by atoms with van der Waals surface area (Å²) in [6.07, 6.45) is -1.29. The Morgan fingerprint density at radius 1 is 1.35 bits per heavy atom. The Labute approximate surface area is 129 Å². The van der Waals surface area contributed by atoms with Gasteiger partial charge in [0.2, 0.25) is 0 Å². The number of halogens is 3. The number of alkyl halides is 3. The van der Waals surface area contributed by atoms with Gasteiger partial charge in [-0.25, -0.2) is 9.78 Å². The Kier molecular flexibility index (Phi) is 4.18. The van der Waals surface area contributed by atoms with Crippen molar-refractivity contribution in [3.05, 3.63) is 47.1 Å². The molecule has 2 rings (SSSR count). The molecule has 0 saturated heterocycles. The number of hydrogen-bond donors (Lipinski definition) is 2. The number of carboxylic acids is 1. The number of nitrogens with zero attached hydrogens (tertiary/aromatic N) is 2. The lowest BCUT2D eigenvalue weighted by atomic mass is 10.0. The van der Waals surface area contributed by atoms with Gasteiger partial charge in [0, 0.05) is 23.5 Å². The maximum Gasteiger partial charge on any atom is 0.418 e. The van der Waals surface area contributed by atoms with Crippen LogP contribution in [0.1, 0.15) is 22.6 Å². The molecule has 0 aliphatic carbocycles. The molecule has 0 bridgehead atoms. The van der Waals surface area contributed by atoms with E-state index in [1.165, 1.54) is 10.6 Å². The first kappa shape index (κ1) is 16.6. The van der Waals surface area contributed by atoms with Crippen LogP contribution in [0.3, 0.4) is 0 Å². The molecule has 2 aromatic rings. The molecule has 0 unspecified atom stereocenters. The SMILES string of the molecule is Cc1cn(-c2cc(C=CC(=O)O)c(N)c(C(F)(F)F)c2)c(C)n1. The first-order chi connectivity index (χ1) is 10.6. The Hall–Kier alpha value is -2.77. The van der Waals surface area contributed by atoms with E-state index in [4.69, 9.17) is 10.8 Å². The van der Waals surface area contributed by atoms with Crippen molar-refractivity contribution in [2.75, 3.05) is 5.73 Å². The van der Waals surface area contributed by atoms with E-state index in [1.807, 2.05) is 0 Å².